The molecule has 4 rings (SSSR count). The van der Waals surface area contributed by atoms with Crippen LogP contribution in [0, 0.1) is 6.92 Å². The molecule has 2 amide bonds. The van der Waals surface area contributed by atoms with E-state index in [9.17, 15) is 9.59 Å². The lowest BCUT2D eigenvalue weighted by Gasteiger charge is -2.20. The van der Waals surface area contributed by atoms with Crippen LogP contribution in [0.15, 0.2) is 58.9 Å². The number of hydrogen-bond donors (Lipinski definition) is 0. The molecule has 2 aliphatic rings. The summed E-state index contributed by atoms with van der Waals surface area (Å²) in [6.07, 6.45) is 0. The number of rotatable bonds is 2. The van der Waals surface area contributed by atoms with Gasteiger partial charge in [-0.1, -0.05) is 34.5 Å². The molecular formula is C17H13ClN4O2. The molecule has 2 heterocycles. The van der Waals surface area contributed by atoms with Crippen molar-refractivity contribution in [2.45, 2.75) is 19.0 Å². The number of carbonyl (C=O) groups excluding carboxylic acids is 2. The van der Waals surface area contributed by atoms with Gasteiger partial charge in [-0.2, -0.15) is 5.11 Å². The summed E-state index contributed by atoms with van der Waals surface area (Å²) in [5.74, 6) is -0.678. The Kier molecular flexibility index (Phi) is 3.35. The highest BCUT2D eigenvalue weighted by Crippen LogP contribution is 2.35. The second kappa shape index (κ2) is 5.42. The van der Waals surface area contributed by atoms with Crippen molar-refractivity contribution in [1.29, 1.82) is 0 Å². The minimum atomic E-state index is -0.811. The van der Waals surface area contributed by atoms with Crippen LogP contribution in [0.3, 0.4) is 0 Å². The van der Waals surface area contributed by atoms with Crippen molar-refractivity contribution >= 4 is 34.8 Å². The standard InChI is InChI=1S/C17H13ClN4O2/c1-10-2-6-12(7-3-10)21-16(23)14-15(17(21)24)22(20-19-14)13-8-4-11(18)5-9-13/h2-9,14-15H,1H3/t14-,15-/m1/s1. The normalized spacial score (nSPS) is 22.4. The van der Waals surface area contributed by atoms with Crippen molar-refractivity contribution in [3.63, 3.8) is 0 Å². The van der Waals surface area contributed by atoms with E-state index in [1.54, 1.807) is 36.4 Å². The van der Waals surface area contributed by atoms with Crippen molar-refractivity contribution < 1.29 is 9.59 Å². The number of halogens is 1. The first-order chi connectivity index (χ1) is 11.6. The fraction of sp³-hybridized carbons (Fsp3) is 0.176. The van der Waals surface area contributed by atoms with Crippen molar-refractivity contribution in [1.82, 2.24) is 0 Å². The van der Waals surface area contributed by atoms with Gasteiger partial charge in [0.05, 0.1) is 11.4 Å². The molecule has 0 N–H and O–H groups in total. The average molecular weight is 341 g/mol. The van der Waals surface area contributed by atoms with Crippen LogP contribution in [0.4, 0.5) is 11.4 Å². The highest BCUT2D eigenvalue weighted by molar-refractivity contribution is 6.30. The number of aryl methyl sites for hydroxylation is 1. The first-order valence-corrected chi connectivity index (χ1v) is 7.84. The second-order valence-electron chi connectivity index (χ2n) is 5.76. The quantitative estimate of drug-likeness (QED) is 0.789. The molecule has 0 spiro atoms. The molecule has 0 aromatic heterocycles. The van der Waals surface area contributed by atoms with Crippen molar-refractivity contribution in [2.75, 3.05) is 9.91 Å². The first-order valence-electron chi connectivity index (χ1n) is 7.46. The molecule has 1 fully saturated rings. The van der Waals surface area contributed by atoms with Gasteiger partial charge in [0, 0.05) is 5.02 Å². The number of nitrogens with zero attached hydrogens (tertiary/aromatic N) is 4. The van der Waals surface area contributed by atoms with E-state index >= 15 is 0 Å². The van der Waals surface area contributed by atoms with E-state index in [1.165, 1.54) is 9.91 Å². The second-order valence-corrected chi connectivity index (χ2v) is 6.20. The van der Waals surface area contributed by atoms with Gasteiger partial charge in [-0.3, -0.25) is 9.59 Å². The number of fused-ring (bicyclic) bond motifs is 1. The van der Waals surface area contributed by atoms with Gasteiger partial charge in [0.1, 0.15) is 0 Å². The molecule has 7 heteroatoms. The molecule has 24 heavy (non-hydrogen) atoms. The topological polar surface area (TPSA) is 65.3 Å². The third kappa shape index (κ3) is 2.18. The maximum absolute atomic E-state index is 12.9. The van der Waals surface area contributed by atoms with Gasteiger partial charge in [-0.05, 0) is 43.3 Å². The number of amides is 2. The summed E-state index contributed by atoms with van der Waals surface area (Å²) in [6.45, 7) is 1.95. The minimum Gasteiger partial charge on any atom is -0.271 e. The van der Waals surface area contributed by atoms with Crippen LogP contribution < -0.4 is 9.91 Å². The molecule has 0 radical (unpaired) electrons. The molecule has 2 aromatic rings. The summed E-state index contributed by atoms with van der Waals surface area (Å²) in [5, 5.41) is 10.1. The van der Waals surface area contributed by atoms with Crippen LogP contribution in [0.1, 0.15) is 5.56 Å². The highest BCUT2D eigenvalue weighted by Gasteiger charge is 2.55. The summed E-state index contributed by atoms with van der Waals surface area (Å²) in [6, 6.07) is 12.6. The predicted molar refractivity (Wildman–Crippen MR) is 90.0 cm³/mol. The van der Waals surface area contributed by atoms with Gasteiger partial charge >= 0.3 is 0 Å². The predicted octanol–water partition coefficient (Wildman–Crippen LogP) is 3.15. The van der Waals surface area contributed by atoms with Gasteiger partial charge in [0.25, 0.3) is 11.8 Å². The van der Waals surface area contributed by atoms with Crippen molar-refractivity contribution in [2.24, 2.45) is 10.3 Å². The molecule has 2 aliphatic heterocycles. The Labute approximate surface area is 143 Å². The van der Waals surface area contributed by atoms with E-state index in [0.717, 1.165) is 5.56 Å². The van der Waals surface area contributed by atoms with E-state index in [0.29, 0.717) is 16.4 Å². The van der Waals surface area contributed by atoms with E-state index in [-0.39, 0.29) is 11.8 Å². The maximum atomic E-state index is 12.9. The van der Waals surface area contributed by atoms with Gasteiger partial charge < -0.3 is 0 Å². The maximum Gasteiger partial charge on any atom is 0.263 e. The zero-order chi connectivity index (χ0) is 16.8. The van der Waals surface area contributed by atoms with Crippen LogP contribution in [-0.2, 0) is 9.59 Å². The highest BCUT2D eigenvalue weighted by atomic mass is 35.5. The van der Waals surface area contributed by atoms with E-state index < -0.39 is 12.1 Å². The molecule has 0 saturated carbocycles. The zero-order valence-corrected chi connectivity index (χ0v) is 13.5. The molecule has 0 aliphatic carbocycles. The Bertz CT molecular complexity index is 848. The SMILES string of the molecule is Cc1ccc(N2C(=O)[C@@H]3N=NN(c4ccc(Cl)cc4)[C@H]3C2=O)cc1. The molecule has 1 saturated heterocycles. The summed E-state index contributed by atoms with van der Waals surface area (Å²) >= 11 is 5.90. The minimum absolute atomic E-state index is 0.325. The Morgan fingerprint density at radius 2 is 1.54 bits per heavy atom. The molecule has 2 aromatic carbocycles. The Balaban J connectivity index is 1.69. The molecule has 120 valence electrons. The number of imide groups is 1. The number of carbonyl (C=O) groups is 2. The third-order valence-corrected chi connectivity index (χ3v) is 4.42. The van der Waals surface area contributed by atoms with Crippen molar-refractivity contribution in [3.05, 3.63) is 59.1 Å². The largest absolute Gasteiger partial charge is 0.271 e. The van der Waals surface area contributed by atoms with Gasteiger partial charge in [-0.25, -0.2) is 9.91 Å². The van der Waals surface area contributed by atoms with Crippen LogP contribution in [0.5, 0.6) is 0 Å². The number of anilines is 2. The van der Waals surface area contributed by atoms with Crippen LogP contribution in [0.25, 0.3) is 0 Å². The lowest BCUT2D eigenvalue weighted by molar-refractivity contribution is -0.121. The molecule has 2 atom stereocenters. The number of hydrogen-bond acceptors (Lipinski definition) is 5. The monoisotopic (exact) mass is 340 g/mol. The summed E-state index contributed by atoms with van der Waals surface area (Å²) in [5.41, 5.74) is 2.28. The fourth-order valence-electron chi connectivity index (χ4n) is 2.92. The van der Waals surface area contributed by atoms with E-state index in [2.05, 4.69) is 10.3 Å². The Morgan fingerprint density at radius 3 is 2.21 bits per heavy atom. The van der Waals surface area contributed by atoms with E-state index in [1.807, 2.05) is 19.1 Å². The Morgan fingerprint density at radius 1 is 0.917 bits per heavy atom. The van der Waals surface area contributed by atoms with Crippen LogP contribution in [0.2, 0.25) is 5.02 Å². The summed E-state index contributed by atoms with van der Waals surface area (Å²) in [7, 11) is 0. The van der Waals surface area contributed by atoms with Crippen LogP contribution >= 0.6 is 11.6 Å². The Hall–Kier alpha value is -2.73. The molecule has 6 nitrogen and oxygen atoms in total. The summed E-state index contributed by atoms with van der Waals surface area (Å²) < 4.78 is 0. The fourth-order valence-corrected chi connectivity index (χ4v) is 3.04. The summed E-state index contributed by atoms with van der Waals surface area (Å²) in [4.78, 5) is 26.7. The van der Waals surface area contributed by atoms with Gasteiger partial charge in [-0.15, -0.1) is 0 Å². The molecular weight excluding hydrogens is 328 g/mol. The van der Waals surface area contributed by atoms with Crippen molar-refractivity contribution in [3.8, 4) is 0 Å². The number of benzene rings is 2. The lowest BCUT2D eigenvalue weighted by Crippen LogP contribution is -2.39. The molecule has 0 unspecified atom stereocenters. The third-order valence-electron chi connectivity index (χ3n) is 4.17. The smallest absolute Gasteiger partial charge is 0.263 e. The van der Waals surface area contributed by atoms with Gasteiger partial charge in [0.2, 0.25) is 0 Å². The lowest BCUT2D eigenvalue weighted by atomic mass is 10.1. The van der Waals surface area contributed by atoms with Crippen LogP contribution in [-0.4, -0.2) is 23.9 Å². The zero-order valence-electron chi connectivity index (χ0n) is 12.8. The van der Waals surface area contributed by atoms with E-state index in [4.69, 9.17) is 11.6 Å². The molecule has 0 bridgehead atoms. The first kappa shape index (κ1) is 14.8. The van der Waals surface area contributed by atoms with Gasteiger partial charge in [0.15, 0.2) is 12.1 Å². The average Bonchev–Trinajstić information content (AvgIpc) is 3.11.